The smallest absolute Gasteiger partial charge is 0.332 e. The van der Waals surface area contributed by atoms with E-state index in [1.165, 1.54) is 24.5 Å². The maximum atomic E-state index is 12.2. The molecule has 0 spiro atoms. The highest BCUT2D eigenvalue weighted by molar-refractivity contribution is 5.51. The molecule has 25 heavy (non-hydrogen) atoms. The molecule has 2 aliphatic rings. The molecule has 3 heterocycles. The van der Waals surface area contributed by atoms with Crippen molar-refractivity contribution in [2.75, 3.05) is 38.2 Å². The molecule has 0 aliphatic carbocycles. The third-order valence-electron chi connectivity index (χ3n) is 5.37. The van der Waals surface area contributed by atoms with Crippen LogP contribution in [0, 0.1) is 17.2 Å². The first kappa shape index (κ1) is 17.7. The summed E-state index contributed by atoms with van der Waals surface area (Å²) < 4.78 is 7.86. The molecule has 2 atom stereocenters. The maximum Gasteiger partial charge on any atom is 0.332 e. The van der Waals surface area contributed by atoms with Gasteiger partial charge in [0.25, 0.3) is 5.56 Å². The van der Waals surface area contributed by atoms with Crippen LogP contribution in [0.3, 0.4) is 0 Å². The largest absolute Gasteiger partial charge is 0.381 e. The third kappa shape index (κ3) is 3.34. The van der Waals surface area contributed by atoms with Crippen molar-refractivity contribution in [1.82, 2.24) is 14.0 Å². The monoisotopic (exact) mass is 347 g/mol. The van der Waals surface area contributed by atoms with Crippen LogP contribution >= 0.6 is 0 Å². The summed E-state index contributed by atoms with van der Waals surface area (Å²) >= 11 is 0. The van der Waals surface area contributed by atoms with Crippen molar-refractivity contribution in [1.29, 1.82) is 5.26 Å². The Morgan fingerprint density at radius 3 is 2.60 bits per heavy atom. The van der Waals surface area contributed by atoms with Crippen molar-refractivity contribution in [3.63, 3.8) is 0 Å². The molecule has 0 unspecified atom stereocenters. The van der Waals surface area contributed by atoms with Gasteiger partial charge in [0.2, 0.25) is 0 Å². The van der Waals surface area contributed by atoms with Crippen LogP contribution in [0.4, 0.5) is 5.82 Å². The standard InChI is InChI=1S/C17H25N5O3/c1-20-15(13(9-18)16(23)21(2)17(20)24)19-10-14(12-5-8-25-11-12)22-6-3-4-7-22/h12,14,19H,3-8,10-11H2,1-2H3/t12-,14+/m1/s1. The Kier molecular flexibility index (Phi) is 5.25. The quantitative estimate of drug-likeness (QED) is 0.798. The number of hydrogen-bond acceptors (Lipinski definition) is 6. The molecule has 1 aromatic heterocycles. The van der Waals surface area contributed by atoms with Gasteiger partial charge in [-0.05, 0) is 32.4 Å². The Labute approximate surface area is 146 Å². The zero-order valence-corrected chi connectivity index (χ0v) is 14.8. The summed E-state index contributed by atoms with van der Waals surface area (Å²) in [6.45, 7) is 4.22. The number of hydrogen-bond donors (Lipinski definition) is 1. The van der Waals surface area contributed by atoms with Crippen LogP contribution < -0.4 is 16.6 Å². The average molecular weight is 347 g/mol. The van der Waals surface area contributed by atoms with Crippen LogP contribution in [-0.2, 0) is 18.8 Å². The predicted octanol–water partition coefficient (Wildman–Crippen LogP) is -0.132. The van der Waals surface area contributed by atoms with Crippen LogP contribution in [-0.4, -0.2) is 52.9 Å². The summed E-state index contributed by atoms with van der Waals surface area (Å²) in [6.07, 6.45) is 3.40. The molecule has 0 saturated carbocycles. The van der Waals surface area contributed by atoms with Crippen molar-refractivity contribution < 1.29 is 4.74 Å². The van der Waals surface area contributed by atoms with E-state index < -0.39 is 11.2 Å². The lowest BCUT2D eigenvalue weighted by atomic mass is 9.97. The maximum absolute atomic E-state index is 12.2. The van der Waals surface area contributed by atoms with Gasteiger partial charge in [0.1, 0.15) is 11.9 Å². The second-order valence-corrected chi connectivity index (χ2v) is 6.86. The van der Waals surface area contributed by atoms with E-state index in [4.69, 9.17) is 4.74 Å². The van der Waals surface area contributed by atoms with E-state index >= 15 is 0 Å². The fourth-order valence-electron chi connectivity index (χ4n) is 3.88. The number of likely N-dealkylation sites (tertiary alicyclic amines) is 1. The molecule has 0 radical (unpaired) electrons. The van der Waals surface area contributed by atoms with Crippen molar-refractivity contribution in [2.45, 2.75) is 25.3 Å². The number of aromatic nitrogens is 2. The first-order chi connectivity index (χ1) is 12.0. The minimum atomic E-state index is -0.560. The van der Waals surface area contributed by atoms with Crippen LogP contribution in [0.15, 0.2) is 9.59 Å². The van der Waals surface area contributed by atoms with Gasteiger partial charge in [-0.3, -0.25) is 18.8 Å². The highest BCUT2D eigenvalue weighted by Crippen LogP contribution is 2.25. The summed E-state index contributed by atoms with van der Waals surface area (Å²) in [5.74, 6) is 0.735. The van der Waals surface area contributed by atoms with Crippen LogP contribution in [0.25, 0.3) is 0 Å². The van der Waals surface area contributed by atoms with Gasteiger partial charge in [0.05, 0.1) is 6.61 Å². The Hall–Kier alpha value is -2.11. The molecule has 2 aliphatic heterocycles. The van der Waals surface area contributed by atoms with Gasteiger partial charge in [-0.1, -0.05) is 0 Å². The molecule has 2 saturated heterocycles. The summed E-state index contributed by atoms with van der Waals surface area (Å²) in [4.78, 5) is 26.8. The fourth-order valence-corrected chi connectivity index (χ4v) is 3.88. The molecule has 136 valence electrons. The van der Waals surface area contributed by atoms with Crippen molar-refractivity contribution in [3.8, 4) is 6.07 Å². The highest BCUT2D eigenvalue weighted by Gasteiger charge is 2.32. The van der Waals surface area contributed by atoms with Crippen LogP contribution in [0.5, 0.6) is 0 Å². The topological polar surface area (TPSA) is 92.3 Å². The Morgan fingerprint density at radius 1 is 1.28 bits per heavy atom. The molecule has 8 nitrogen and oxygen atoms in total. The number of nitriles is 1. The van der Waals surface area contributed by atoms with Gasteiger partial charge >= 0.3 is 5.69 Å². The van der Waals surface area contributed by atoms with E-state index in [0.29, 0.717) is 18.3 Å². The van der Waals surface area contributed by atoms with E-state index in [1.807, 2.05) is 6.07 Å². The minimum absolute atomic E-state index is 0.0209. The molecular weight excluding hydrogens is 322 g/mol. The van der Waals surface area contributed by atoms with Crippen LogP contribution in [0.1, 0.15) is 24.8 Å². The fraction of sp³-hybridized carbons (Fsp3) is 0.706. The zero-order chi connectivity index (χ0) is 18.0. The first-order valence-corrected chi connectivity index (χ1v) is 8.80. The lowest BCUT2D eigenvalue weighted by molar-refractivity contribution is 0.141. The van der Waals surface area contributed by atoms with Crippen molar-refractivity contribution in [2.24, 2.45) is 20.0 Å². The summed E-state index contributed by atoms with van der Waals surface area (Å²) in [6, 6.07) is 2.22. The third-order valence-corrected chi connectivity index (χ3v) is 5.37. The summed E-state index contributed by atoms with van der Waals surface area (Å²) in [7, 11) is 2.96. The molecule has 1 aromatic rings. The van der Waals surface area contributed by atoms with Crippen molar-refractivity contribution in [3.05, 3.63) is 26.4 Å². The Balaban J connectivity index is 1.87. The summed E-state index contributed by atoms with van der Waals surface area (Å²) in [5.41, 5.74) is -1.02. The lowest BCUT2D eigenvalue weighted by Crippen LogP contribution is -2.45. The van der Waals surface area contributed by atoms with Crippen molar-refractivity contribution >= 4 is 5.82 Å². The van der Waals surface area contributed by atoms with E-state index in [0.717, 1.165) is 37.3 Å². The molecular formula is C17H25N5O3. The second-order valence-electron chi connectivity index (χ2n) is 6.86. The van der Waals surface area contributed by atoms with Gasteiger partial charge in [-0.2, -0.15) is 5.26 Å². The van der Waals surface area contributed by atoms with Gasteiger partial charge < -0.3 is 10.1 Å². The van der Waals surface area contributed by atoms with E-state index in [-0.39, 0.29) is 11.6 Å². The molecule has 8 heteroatoms. The Morgan fingerprint density at radius 2 is 2.00 bits per heavy atom. The average Bonchev–Trinajstić information content (AvgIpc) is 3.32. The predicted molar refractivity (Wildman–Crippen MR) is 93.6 cm³/mol. The number of nitrogens with zero attached hydrogens (tertiary/aromatic N) is 4. The van der Waals surface area contributed by atoms with E-state index in [1.54, 1.807) is 7.05 Å². The second kappa shape index (κ2) is 7.42. The van der Waals surface area contributed by atoms with Gasteiger partial charge in [-0.25, -0.2) is 4.79 Å². The number of nitrogens with one attached hydrogen (secondary N) is 1. The molecule has 0 aromatic carbocycles. The molecule has 2 fully saturated rings. The summed E-state index contributed by atoms with van der Waals surface area (Å²) in [5, 5.41) is 12.6. The number of ether oxygens (including phenoxy) is 1. The molecule has 3 rings (SSSR count). The van der Waals surface area contributed by atoms with E-state index in [9.17, 15) is 14.9 Å². The minimum Gasteiger partial charge on any atom is -0.381 e. The first-order valence-electron chi connectivity index (χ1n) is 8.80. The number of rotatable bonds is 5. The van der Waals surface area contributed by atoms with Gasteiger partial charge in [0, 0.05) is 39.2 Å². The zero-order valence-electron chi connectivity index (χ0n) is 14.8. The van der Waals surface area contributed by atoms with E-state index in [2.05, 4.69) is 10.2 Å². The molecule has 1 N–H and O–H groups in total. The Bertz CT molecular complexity index is 763. The van der Waals surface area contributed by atoms with Crippen LogP contribution in [0.2, 0.25) is 0 Å². The highest BCUT2D eigenvalue weighted by atomic mass is 16.5. The molecule has 0 amide bonds. The van der Waals surface area contributed by atoms with Gasteiger partial charge in [0.15, 0.2) is 5.56 Å². The lowest BCUT2D eigenvalue weighted by Gasteiger charge is -2.32. The normalized spacial score (nSPS) is 22.0. The molecule has 0 bridgehead atoms. The van der Waals surface area contributed by atoms with Gasteiger partial charge in [-0.15, -0.1) is 0 Å². The number of anilines is 1. The SMILES string of the molecule is Cn1c(NC[C@@H]([C@@H]2CCOC2)N2CCCC2)c(C#N)c(=O)n(C)c1=O.